The summed E-state index contributed by atoms with van der Waals surface area (Å²) in [6.07, 6.45) is 0. The molecule has 0 radical (unpaired) electrons. The van der Waals surface area contributed by atoms with Crippen LogP contribution in [-0.2, 0) is 0 Å². The summed E-state index contributed by atoms with van der Waals surface area (Å²) in [5.41, 5.74) is 8.14. The Bertz CT molecular complexity index is 1030. The van der Waals surface area contributed by atoms with E-state index in [9.17, 15) is 9.59 Å². The van der Waals surface area contributed by atoms with E-state index in [1.807, 2.05) is 29.2 Å². The van der Waals surface area contributed by atoms with Crippen LogP contribution in [0.2, 0.25) is 0 Å². The van der Waals surface area contributed by atoms with Crippen molar-refractivity contribution in [1.82, 2.24) is 14.8 Å². The van der Waals surface area contributed by atoms with Gasteiger partial charge >= 0.3 is 0 Å². The average Bonchev–Trinajstić information content (AvgIpc) is 3.01. The standard InChI is InChI=1S/C19H19BrN4O2/c1-23-6-8-24(9-7-23)19(26)11-2-5-15-13(10-11)16-14(20)4-3-12(18(21)25)17(16)22-15/h2-5,10,22H,6-9H2,1H3,(H2,21,25). The van der Waals surface area contributed by atoms with Gasteiger partial charge in [-0.2, -0.15) is 0 Å². The SMILES string of the molecule is CN1CCN(C(=O)c2ccc3[nH]c4c(C(N)=O)ccc(Br)c4c3c2)CC1. The molecule has 4 rings (SSSR count). The summed E-state index contributed by atoms with van der Waals surface area (Å²) in [6, 6.07) is 9.11. The number of nitrogens with zero attached hydrogens (tertiary/aromatic N) is 2. The van der Waals surface area contributed by atoms with E-state index in [0.29, 0.717) is 16.6 Å². The number of carbonyl (C=O) groups is 2. The number of carbonyl (C=O) groups excluding carboxylic acids is 2. The molecule has 26 heavy (non-hydrogen) atoms. The largest absolute Gasteiger partial charge is 0.366 e. The van der Waals surface area contributed by atoms with Crippen LogP contribution in [0, 0.1) is 0 Å². The Balaban J connectivity index is 1.82. The molecule has 7 heteroatoms. The Morgan fingerprint density at radius 3 is 2.54 bits per heavy atom. The lowest BCUT2D eigenvalue weighted by atomic mass is 10.1. The molecule has 0 bridgehead atoms. The summed E-state index contributed by atoms with van der Waals surface area (Å²) in [7, 11) is 2.06. The van der Waals surface area contributed by atoms with E-state index < -0.39 is 5.91 Å². The molecule has 0 atom stereocenters. The fraction of sp³-hybridized carbons (Fsp3) is 0.263. The Morgan fingerprint density at radius 1 is 1.12 bits per heavy atom. The molecule has 1 aliphatic heterocycles. The van der Waals surface area contributed by atoms with Crippen LogP contribution >= 0.6 is 15.9 Å². The van der Waals surface area contributed by atoms with Gasteiger partial charge in [-0.05, 0) is 37.4 Å². The van der Waals surface area contributed by atoms with Gasteiger partial charge in [0.2, 0.25) is 0 Å². The van der Waals surface area contributed by atoms with E-state index in [0.717, 1.165) is 46.9 Å². The van der Waals surface area contributed by atoms with Crippen molar-refractivity contribution in [3.8, 4) is 0 Å². The molecule has 0 saturated carbocycles. The van der Waals surface area contributed by atoms with Gasteiger partial charge in [-0.25, -0.2) is 0 Å². The number of nitrogens with two attached hydrogens (primary N) is 1. The molecule has 3 N–H and O–H groups in total. The van der Waals surface area contributed by atoms with Gasteiger partial charge in [0.15, 0.2) is 0 Å². The number of fused-ring (bicyclic) bond motifs is 3. The number of rotatable bonds is 2. The van der Waals surface area contributed by atoms with Crippen LogP contribution in [0.4, 0.5) is 0 Å². The van der Waals surface area contributed by atoms with Gasteiger partial charge in [-0.15, -0.1) is 0 Å². The first-order valence-corrected chi connectivity index (χ1v) is 9.26. The maximum atomic E-state index is 12.9. The number of likely N-dealkylation sites (N-methyl/N-ethyl adjacent to an activating group) is 1. The van der Waals surface area contributed by atoms with Gasteiger partial charge in [0.25, 0.3) is 11.8 Å². The van der Waals surface area contributed by atoms with E-state index >= 15 is 0 Å². The Labute approximate surface area is 159 Å². The number of nitrogens with one attached hydrogen (secondary N) is 1. The number of aromatic nitrogens is 1. The first-order valence-electron chi connectivity index (χ1n) is 8.47. The molecule has 2 aromatic carbocycles. The zero-order valence-corrected chi connectivity index (χ0v) is 16.0. The molecule has 0 spiro atoms. The second kappa shape index (κ2) is 6.41. The monoisotopic (exact) mass is 414 g/mol. The Kier molecular flexibility index (Phi) is 4.20. The van der Waals surface area contributed by atoms with Crippen molar-refractivity contribution in [1.29, 1.82) is 0 Å². The second-order valence-corrected chi connectivity index (χ2v) is 7.54. The Hall–Kier alpha value is -2.38. The molecule has 1 aliphatic rings. The van der Waals surface area contributed by atoms with Gasteiger partial charge in [-0.3, -0.25) is 9.59 Å². The number of H-pyrrole nitrogens is 1. The van der Waals surface area contributed by atoms with Gasteiger partial charge in [-0.1, -0.05) is 15.9 Å². The fourth-order valence-electron chi connectivity index (χ4n) is 3.50. The van der Waals surface area contributed by atoms with E-state index in [4.69, 9.17) is 5.73 Å². The summed E-state index contributed by atoms with van der Waals surface area (Å²) in [5, 5.41) is 1.76. The number of amides is 2. The average molecular weight is 415 g/mol. The molecule has 1 aromatic heterocycles. The zero-order valence-electron chi connectivity index (χ0n) is 14.4. The highest BCUT2D eigenvalue weighted by Gasteiger charge is 2.21. The summed E-state index contributed by atoms with van der Waals surface area (Å²) < 4.78 is 0.855. The highest BCUT2D eigenvalue weighted by atomic mass is 79.9. The summed E-state index contributed by atoms with van der Waals surface area (Å²) in [5.74, 6) is -0.445. The molecule has 0 aliphatic carbocycles. The van der Waals surface area contributed by atoms with Crippen LogP contribution in [0.3, 0.4) is 0 Å². The normalized spacial score (nSPS) is 15.7. The zero-order chi connectivity index (χ0) is 18.4. The van der Waals surface area contributed by atoms with Crippen molar-refractivity contribution in [3.05, 3.63) is 45.9 Å². The molecule has 1 saturated heterocycles. The number of hydrogen-bond acceptors (Lipinski definition) is 3. The third-order valence-corrected chi connectivity index (χ3v) is 5.67. The predicted octanol–water partition coefficient (Wildman–Crippen LogP) is 2.57. The number of halogens is 1. The first-order chi connectivity index (χ1) is 12.5. The van der Waals surface area contributed by atoms with Crippen molar-refractivity contribution in [3.63, 3.8) is 0 Å². The predicted molar refractivity (Wildman–Crippen MR) is 105 cm³/mol. The molecular weight excluding hydrogens is 396 g/mol. The third kappa shape index (κ3) is 2.77. The lowest BCUT2D eigenvalue weighted by Crippen LogP contribution is -2.47. The van der Waals surface area contributed by atoms with Crippen LogP contribution < -0.4 is 5.73 Å². The van der Waals surface area contributed by atoms with E-state index in [1.165, 1.54) is 0 Å². The van der Waals surface area contributed by atoms with Crippen molar-refractivity contribution < 1.29 is 9.59 Å². The van der Waals surface area contributed by atoms with E-state index in [-0.39, 0.29) is 5.91 Å². The lowest BCUT2D eigenvalue weighted by Gasteiger charge is -2.32. The van der Waals surface area contributed by atoms with E-state index in [1.54, 1.807) is 6.07 Å². The smallest absolute Gasteiger partial charge is 0.253 e. The fourth-order valence-corrected chi connectivity index (χ4v) is 4.04. The van der Waals surface area contributed by atoms with Crippen LogP contribution in [0.5, 0.6) is 0 Å². The molecule has 134 valence electrons. The van der Waals surface area contributed by atoms with Crippen LogP contribution in [0.1, 0.15) is 20.7 Å². The number of primary amides is 1. The highest BCUT2D eigenvalue weighted by Crippen LogP contribution is 2.34. The highest BCUT2D eigenvalue weighted by molar-refractivity contribution is 9.10. The minimum atomic E-state index is -0.484. The van der Waals surface area contributed by atoms with Crippen molar-refractivity contribution in [2.45, 2.75) is 0 Å². The van der Waals surface area contributed by atoms with Gasteiger partial charge in [0.05, 0.1) is 11.1 Å². The summed E-state index contributed by atoms with van der Waals surface area (Å²) in [4.78, 5) is 32.0. The first kappa shape index (κ1) is 17.1. The number of aromatic amines is 1. The van der Waals surface area contributed by atoms with Crippen molar-refractivity contribution in [2.75, 3.05) is 33.2 Å². The quantitative estimate of drug-likeness (QED) is 0.675. The molecule has 6 nitrogen and oxygen atoms in total. The molecule has 0 unspecified atom stereocenters. The van der Waals surface area contributed by atoms with Crippen LogP contribution in [0.25, 0.3) is 21.8 Å². The van der Waals surface area contributed by atoms with E-state index in [2.05, 4.69) is 32.9 Å². The third-order valence-electron chi connectivity index (χ3n) is 5.01. The maximum Gasteiger partial charge on any atom is 0.253 e. The summed E-state index contributed by atoms with van der Waals surface area (Å²) in [6.45, 7) is 3.23. The minimum absolute atomic E-state index is 0.0385. The van der Waals surface area contributed by atoms with Gasteiger partial charge in [0.1, 0.15) is 0 Å². The van der Waals surface area contributed by atoms with Crippen molar-refractivity contribution in [2.24, 2.45) is 5.73 Å². The van der Waals surface area contributed by atoms with Crippen LogP contribution in [0.15, 0.2) is 34.8 Å². The molecule has 3 aromatic rings. The topological polar surface area (TPSA) is 82.4 Å². The van der Waals surface area contributed by atoms with Gasteiger partial charge < -0.3 is 20.5 Å². The van der Waals surface area contributed by atoms with Crippen LogP contribution in [-0.4, -0.2) is 59.8 Å². The second-order valence-electron chi connectivity index (χ2n) is 6.69. The van der Waals surface area contributed by atoms with Crippen molar-refractivity contribution >= 4 is 49.6 Å². The van der Waals surface area contributed by atoms with Gasteiger partial charge in [0, 0.05) is 52.5 Å². The number of piperazine rings is 1. The summed E-state index contributed by atoms with van der Waals surface area (Å²) >= 11 is 3.55. The minimum Gasteiger partial charge on any atom is -0.366 e. The molecule has 2 amide bonds. The number of benzene rings is 2. The Morgan fingerprint density at radius 2 is 1.85 bits per heavy atom. The number of hydrogen-bond donors (Lipinski definition) is 2. The molecular formula is C19H19BrN4O2. The maximum absolute atomic E-state index is 12.9. The molecule has 1 fully saturated rings. The molecule has 2 heterocycles. The lowest BCUT2D eigenvalue weighted by molar-refractivity contribution is 0.0664.